The SMILES string of the molecule is CC1(C)c2ccc(-n3c4ccccc4c4ccccc43)cc2C(C)(C)c2ccc(B3OC(C)(C)C(C)(C)O3)cc21. The van der Waals surface area contributed by atoms with E-state index in [0.29, 0.717) is 0 Å². The number of nitrogens with zero attached hydrogens (tertiary/aromatic N) is 1. The Hall–Kier alpha value is -3.34. The van der Waals surface area contributed by atoms with Crippen molar-refractivity contribution >= 4 is 34.4 Å². The van der Waals surface area contributed by atoms with Gasteiger partial charge in [-0.3, -0.25) is 0 Å². The maximum Gasteiger partial charge on any atom is 0.494 e. The Morgan fingerprint density at radius 2 is 1.00 bits per heavy atom. The summed E-state index contributed by atoms with van der Waals surface area (Å²) in [6, 6.07) is 31.4. The van der Waals surface area contributed by atoms with E-state index in [1.54, 1.807) is 0 Å². The fourth-order valence-corrected chi connectivity index (χ4v) is 6.97. The van der Waals surface area contributed by atoms with Gasteiger partial charge in [0.05, 0.1) is 22.2 Å². The van der Waals surface area contributed by atoms with Crippen molar-refractivity contribution < 1.29 is 9.31 Å². The van der Waals surface area contributed by atoms with Crippen LogP contribution in [0.4, 0.5) is 0 Å². The van der Waals surface area contributed by atoms with Gasteiger partial charge in [-0.2, -0.15) is 0 Å². The molecule has 0 saturated carbocycles. The number of benzene rings is 4. The first-order chi connectivity index (χ1) is 18.8. The van der Waals surface area contributed by atoms with E-state index in [1.807, 2.05) is 0 Å². The summed E-state index contributed by atoms with van der Waals surface area (Å²) in [5.41, 5.74) is 9.19. The Labute approximate surface area is 238 Å². The summed E-state index contributed by atoms with van der Waals surface area (Å²) in [4.78, 5) is 0. The average Bonchev–Trinajstić information content (AvgIpc) is 3.37. The van der Waals surface area contributed by atoms with Crippen molar-refractivity contribution in [3.8, 4) is 5.69 Å². The van der Waals surface area contributed by atoms with Crippen molar-refractivity contribution in [3.05, 3.63) is 107 Å². The molecule has 1 aromatic heterocycles. The number of rotatable bonds is 2. The summed E-state index contributed by atoms with van der Waals surface area (Å²) >= 11 is 0. The molecule has 2 heterocycles. The summed E-state index contributed by atoms with van der Waals surface area (Å²) in [6.07, 6.45) is 0. The molecule has 1 aliphatic carbocycles. The van der Waals surface area contributed by atoms with Crippen LogP contribution < -0.4 is 5.46 Å². The zero-order chi connectivity index (χ0) is 28.2. The first kappa shape index (κ1) is 25.6. The highest BCUT2D eigenvalue weighted by molar-refractivity contribution is 6.62. The molecule has 0 radical (unpaired) electrons. The molecule has 5 aromatic rings. The van der Waals surface area contributed by atoms with Gasteiger partial charge in [0.2, 0.25) is 0 Å². The number of aromatic nitrogens is 1. The van der Waals surface area contributed by atoms with Gasteiger partial charge in [-0.1, -0.05) is 88.4 Å². The van der Waals surface area contributed by atoms with Crippen LogP contribution in [0.2, 0.25) is 0 Å². The second-order valence-corrected chi connectivity index (χ2v) is 13.7. The monoisotopic (exact) mass is 527 g/mol. The topological polar surface area (TPSA) is 23.4 Å². The van der Waals surface area contributed by atoms with Gasteiger partial charge in [0.1, 0.15) is 0 Å². The lowest BCUT2D eigenvalue weighted by molar-refractivity contribution is 0.00578. The van der Waals surface area contributed by atoms with Gasteiger partial charge < -0.3 is 13.9 Å². The van der Waals surface area contributed by atoms with Gasteiger partial charge in [0.25, 0.3) is 0 Å². The van der Waals surface area contributed by atoms with Crippen LogP contribution in [0.1, 0.15) is 77.6 Å². The highest BCUT2D eigenvalue weighted by Gasteiger charge is 2.52. The second kappa shape index (κ2) is 8.12. The zero-order valence-corrected chi connectivity index (χ0v) is 24.9. The molecule has 0 spiro atoms. The van der Waals surface area contributed by atoms with E-state index >= 15 is 0 Å². The molecule has 1 aliphatic heterocycles. The van der Waals surface area contributed by atoms with Gasteiger partial charge in [0.15, 0.2) is 0 Å². The van der Waals surface area contributed by atoms with Crippen LogP contribution in [-0.4, -0.2) is 22.9 Å². The predicted molar refractivity (Wildman–Crippen MR) is 167 cm³/mol. The zero-order valence-electron chi connectivity index (χ0n) is 24.9. The molecule has 3 nitrogen and oxygen atoms in total. The Balaban J connectivity index is 1.38. The van der Waals surface area contributed by atoms with Gasteiger partial charge in [-0.25, -0.2) is 0 Å². The molecule has 4 heteroatoms. The maximum atomic E-state index is 6.43. The highest BCUT2D eigenvalue weighted by atomic mass is 16.7. The predicted octanol–water partition coefficient (Wildman–Crippen LogP) is 8.05. The van der Waals surface area contributed by atoms with E-state index in [1.165, 1.54) is 49.7 Å². The molecule has 2 aliphatic rings. The molecule has 0 amide bonds. The lowest BCUT2D eigenvalue weighted by Gasteiger charge is -2.44. The second-order valence-electron chi connectivity index (χ2n) is 13.7. The third kappa shape index (κ3) is 3.39. The average molecular weight is 528 g/mol. The van der Waals surface area contributed by atoms with Crippen LogP contribution in [-0.2, 0) is 20.1 Å². The summed E-state index contributed by atoms with van der Waals surface area (Å²) in [5.74, 6) is 0. The van der Waals surface area contributed by atoms with Gasteiger partial charge in [-0.15, -0.1) is 0 Å². The van der Waals surface area contributed by atoms with Crippen LogP contribution in [0.3, 0.4) is 0 Å². The Bertz CT molecular complexity index is 1750. The standard InChI is InChI=1S/C36H38BNO2/c1-33(2)28-20-18-24(38-31-15-11-9-13-25(31)26-14-10-12-16-32(26)38)22-30(28)34(3,4)27-19-17-23(21-29(27)33)37-39-35(5,6)36(7,8)40-37/h9-22H,1-8H3. The smallest absolute Gasteiger partial charge is 0.399 e. The Morgan fingerprint density at radius 1 is 0.525 bits per heavy atom. The molecular weight excluding hydrogens is 489 g/mol. The first-order valence-corrected chi connectivity index (χ1v) is 14.5. The summed E-state index contributed by atoms with van der Waals surface area (Å²) < 4.78 is 15.3. The van der Waals surface area contributed by atoms with Gasteiger partial charge in [0, 0.05) is 27.3 Å². The molecule has 40 heavy (non-hydrogen) atoms. The van der Waals surface area contributed by atoms with Crippen molar-refractivity contribution in [2.24, 2.45) is 0 Å². The molecule has 4 aromatic carbocycles. The molecule has 1 saturated heterocycles. The lowest BCUT2D eigenvalue weighted by Crippen LogP contribution is -2.41. The Morgan fingerprint density at radius 3 is 1.55 bits per heavy atom. The van der Waals surface area contributed by atoms with E-state index in [9.17, 15) is 0 Å². The molecule has 0 atom stereocenters. The number of fused-ring (bicyclic) bond motifs is 5. The largest absolute Gasteiger partial charge is 0.494 e. The minimum atomic E-state index is -0.367. The van der Waals surface area contributed by atoms with E-state index in [-0.39, 0.29) is 29.2 Å². The molecule has 202 valence electrons. The third-order valence-electron chi connectivity index (χ3n) is 10.1. The highest BCUT2D eigenvalue weighted by Crippen LogP contribution is 2.50. The van der Waals surface area contributed by atoms with Gasteiger partial charge in [-0.05, 0) is 79.7 Å². The van der Waals surface area contributed by atoms with Crippen molar-refractivity contribution in [1.82, 2.24) is 4.57 Å². The molecule has 7 rings (SSSR count). The van der Waals surface area contributed by atoms with Crippen LogP contribution in [0, 0.1) is 0 Å². The maximum absolute atomic E-state index is 6.43. The van der Waals surface area contributed by atoms with Gasteiger partial charge >= 0.3 is 7.12 Å². The van der Waals surface area contributed by atoms with Crippen molar-refractivity contribution in [3.63, 3.8) is 0 Å². The van der Waals surface area contributed by atoms with E-state index < -0.39 is 0 Å². The van der Waals surface area contributed by atoms with Crippen molar-refractivity contribution in [2.75, 3.05) is 0 Å². The fourth-order valence-electron chi connectivity index (χ4n) is 6.97. The molecular formula is C36H38BNO2. The van der Waals surface area contributed by atoms with Crippen molar-refractivity contribution in [1.29, 1.82) is 0 Å². The van der Waals surface area contributed by atoms with E-state index in [0.717, 1.165) is 5.46 Å². The molecule has 0 unspecified atom stereocenters. The number of hydrogen-bond donors (Lipinski definition) is 0. The first-order valence-electron chi connectivity index (χ1n) is 14.5. The summed E-state index contributed by atoms with van der Waals surface area (Å²) in [5, 5.41) is 2.58. The molecule has 0 bridgehead atoms. The minimum Gasteiger partial charge on any atom is -0.399 e. The molecule has 0 N–H and O–H groups in total. The normalized spacial score (nSPS) is 20.1. The van der Waals surface area contributed by atoms with Crippen LogP contribution in [0.5, 0.6) is 0 Å². The number of hydrogen-bond acceptors (Lipinski definition) is 2. The minimum absolute atomic E-state index is 0.163. The van der Waals surface area contributed by atoms with Crippen LogP contribution in [0.25, 0.3) is 27.5 Å². The van der Waals surface area contributed by atoms with Crippen molar-refractivity contribution in [2.45, 2.75) is 77.4 Å². The lowest BCUT2D eigenvalue weighted by atomic mass is 9.58. The van der Waals surface area contributed by atoms with Crippen LogP contribution in [0.15, 0.2) is 84.9 Å². The van der Waals surface area contributed by atoms with E-state index in [2.05, 4.69) is 145 Å². The third-order valence-corrected chi connectivity index (χ3v) is 10.1. The fraction of sp³-hybridized carbons (Fsp3) is 0.333. The van der Waals surface area contributed by atoms with E-state index in [4.69, 9.17) is 9.31 Å². The van der Waals surface area contributed by atoms with Crippen LogP contribution >= 0.6 is 0 Å². The quantitative estimate of drug-likeness (QED) is 0.217. The molecule has 1 fully saturated rings. The Kier molecular flexibility index (Phi) is 5.20. The number of para-hydroxylation sites is 2. The summed E-state index contributed by atoms with van der Waals surface area (Å²) in [6.45, 7) is 17.9. The summed E-state index contributed by atoms with van der Waals surface area (Å²) in [7, 11) is -0.367.